The van der Waals surface area contributed by atoms with Gasteiger partial charge >= 0.3 is 0 Å². The Morgan fingerprint density at radius 2 is 2.04 bits per heavy atom. The molecule has 2 aliphatic rings. The van der Waals surface area contributed by atoms with Crippen molar-refractivity contribution in [2.24, 2.45) is 5.92 Å². The minimum Gasteiger partial charge on any atom is -0.371 e. The maximum Gasteiger partial charge on any atom is 0.244 e. The van der Waals surface area contributed by atoms with Gasteiger partial charge in [0.1, 0.15) is 0 Å². The summed E-state index contributed by atoms with van der Waals surface area (Å²) in [5.74, 6) is 0.832. The van der Waals surface area contributed by atoms with Crippen LogP contribution >= 0.6 is 0 Å². The third-order valence-corrected chi connectivity index (χ3v) is 5.59. The number of nitrogens with zero attached hydrogens (tertiary/aromatic N) is 1. The van der Waals surface area contributed by atoms with E-state index in [1.54, 1.807) is 6.08 Å². The molecule has 3 heteroatoms. The van der Waals surface area contributed by atoms with Crippen LogP contribution in [0.2, 0.25) is 0 Å². The van der Waals surface area contributed by atoms with Crippen molar-refractivity contribution >= 4 is 17.7 Å². The molecule has 1 atom stereocenters. The molecule has 0 spiro atoms. The fourth-order valence-corrected chi connectivity index (χ4v) is 3.82. The molecule has 1 aliphatic heterocycles. The van der Waals surface area contributed by atoms with Crippen LogP contribution in [-0.4, -0.2) is 19.0 Å². The standard InChI is InChI=1S/C24H28N2O/c1-18(25-24(27)14-11-19-6-3-2-4-7-19)22-13-12-21-8-5-15-26(23(21)16-22)17-20-9-10-20/h2-4,6-7,11-14,16,18,20H,5,8-10,15,17H2,1H3,(H,25,27)/b14-11+/t18-/m0/s1. The molecule has 0 aromatic heterocycles. The van der Waals surface area contributed by atoms with Gasteiger partial charge < -0.3 is 10.2 Å². The van der Waals surface area contributed by atoms with Crippen molar-refractivity contribution in [3.63, 3.8) is 0 Å². The Morgan fingerprint density at radius 1 is 1.22 bits per heavy atom. The molecule has 1 aliphatic carbocycles. The molecule has 1 N–H and O–H groups in total. The molecule has 140 valence electrons. The topological polar surface area (TPSA) is 32.3 Å². The number of rotatable bonds is 6. The molecule has 0 saturated heterocycles. The Hall–Kier alpha value is -2.55. The largest absolute Gasteiger partial charge is 0.371 e. The van der Waals surface area contributed by atoms with Gasteiger partial charge in [-0.1, -0.05) is 42.5 Å². The van der Waals surface area contributed by atoms with Gasteiger partial charge in [0.25, 0.3) is 0 Å². The molecule has 0 unspecified atom stereocenters. The van der Waals surface area contributed by atoms with Crippen molar-refractivity contribution < 1.29 is 4.79 Å². The van der Waals surface area contributed by atoms with Gasteiger partial charge in [-0.3, -0.25) is 4.79 Å². The van der Waals surface area contributed by atoms with Crippen LogP contribution in [0.4, 0.5) is 5.69 Å². The van der Waals surface area contributed by atoms with Gasteiger partial charge in [-0.05, 0) is 67.4 Å². The maximum atomic E-state index is 12.3. The Balaban J connectivity index is 1.43. The van der Waals surface area contributed by atoms with Crippen molar-refractivity contribution in [2.45, 2.75) is 38.6 Å². The highest BCUT2D eigenvalue weighted by Gasteiger charge is 2.27. The molecular formula is C24H28N2O. The van der Waals surface area contributed by atoms with Gasteiger partial charge in [0.2, 0.25) is 5.91 Å². The highest BCUT2D eigenvalue weighted by atomic mass is 16.1. The quantitative estimate of drug-likeness (QED) is 0.755. The molecule has 0 bridgehead atoms. The normalized spacial score (nSPS) is 17.6. The van der Waals surface area contributed by atoms with E-state index >= 15 is 0 Å². The number of anilines is 1. The van der Waals surface area contributed by atoms with Crippen LogP contribution in [0.1, 0.15) is 48.9 Å². The Bertz CT molecular complexity index is 824. The first kappa shape index (κ1) is 17.8. The van der Waals surface area contributed by atoms with E-state index in [1.807, 2.05) is 36.4 Å². The summed E-state index contributed by atoms with van der Waals surface area (Å²) in [6.07, 6.45) is 8.64. The molecule has 0 radical (unpaired) electrons. The predicted octanol–water partition coefficient (Wildman–Crippen LogP) is 4.74. The lowest BCUT2D eigenvalue weighted by molar-refractivity contribution is -0.117. The average Bonchev–Trinajstić information content (AvgIpc) is 3.51. The minimum absolute atomic E-state index is 0.00655. The van der Waals surface area contributed by atoms with Crippen molar-refractivity contribution in [1.82, 2.24) is 5.32 Å². The first-order valence-corrected chi connectivity index (χ1v) is 10.1. The summed E-state index contributed by atoms with van der Waals surface area (Å²) >= 11 is 0. The van der Waals surface area contributed by atoms with Crippen LogP contribution in [0.5, 0.6) is 0 Å². The molecule has 1 heterocycles. The van der Waals surface area contributed by atoms with Crippen molar-refractivity contribution in [3.8, 4) is 0 Å². The van der Waals surface area contributed by atoms with E-state index in [0.717, 1.165) is 24.4 Å². The summed E-state index contributed by atoms with van der Waals surface area (Å²) in [6, 6.07) is 16.6. The second-order valence-electron chi connectivity index (χ2n) is 7.86. The lowest BCUT2D eigenvalue weighted by atomic mass is 9.97. The summed E-state index contributed by atoms with van der Waals surface area (Å²) in [6.45, 7) is 4.41. The van der Waals surface area contributed by atoms with Gasteiger partial charge in [0.05, 0.1) is 6.04 Å². The highest BCUT2D eigenvalue weighted by Crippen LogP contribution is 2.35. The van der Waals surface area contributed by atoms with E-state index in [9.17, 15) is 4.79 Å². The molecule has 1 fully saturated rings. The number of aryl methyl sites for hydroxylation is 1. The summed E-state index contributed by atoms with van der Waals surface area (Å²) in [4.78, 5) is 14.9. The zero-order valence-electron chi connectivity index (χ0n) is 16.0. The van der Waals surface area contributed by atoms with Gasteiger partial charge in [-0.2, -0.15) is 0 Å². The van der Waals surface area contributed by atoms with Crippen LogP contribution < -0.4 is 10.2 Å². The van der Waals surface area contributed by atoms with Crippen LogP contribution in [-0.2, 0) is 11.2 Å². The van der Waals surface area contributed by atoms with Gasteiger partial charge in [-0.25, -0.2) is 0 Å². The van der Waals surface area contributed by atoms with Crippen molar-refractivity contribution in [3.05, 3.63) is 71.3 Å². The smallest absolute Gasteiger partial charge is 0.244 e. The molecule has 2 aromatic carbocycles. The zero-order chi connectivity index (χ0) is 18.6. The number of hydrogen-bond acceptors (Lipinski definition) is 2. The van der Waals surface area contributed by atoms with Crippen molar-refractivity contribution in [2.75, 3.05) is 18.0 Å². The Kier molecular flexibility index (Phi) is 5.28. The molecule has 2 aromatic rings. The van der Waals surface area contributed by atoms with Gasteiger partial charge in [0, 0.05) is 24.9 Å². The molecule has 1 saturated carbocycles. The number of hydrogen-bond donors (Lipinski definition) is 1. The monoisotopic (exact) mass is 360 g/mol. The SMILES string of the molecule is C[C@H](NC(=O)/C=C/c1ccccc1)c1ccc2c(c1)N(CC1CC1)CCC2. The number of carbonyl (C=O) groups excluding carboxylic acids is 1. The minimum atomic E-state index is -0.0566. The predicted molar refractivity (Wildman–Crippen MR) is 112 cm³/mol. The van der Waals surface area contributed by atoms with Gasteiger partial charge in [0.15, 0.2) is 0 Å². The second kappa shape index (κ2) is 7.99. The molecule has 4 rings (SSSR count). The average molecular weight is 361 g/mol. The highest BCUT2D eigenvalue weighted by molar-refractivity contribution is 5.92. The molecule has 1 amide bonds. The fraction of sp³-hybridized carbons (Fsp3) is 0.375. The van der Waals surface area contributed by atoms with Crippen molar-refractivity contribution in [1.29, 1.82) is 0 Å². The fourth-order valence-electron chi connectivity index (χ4n) is 3.82. The van der Waals surface area contributed by atoms with E-state index in [0.29, 0.717) is 0 Å². The lowest BCUT2D eigenvalue weighted by Crippen LogP contribution is -2.32. The number of fused-ring (bicyclic) bond motifs is 1. The number of benzene rings is 2. The third-order valence-electron chi connectivity index (χ3n) is 5.59. The number of nitrogens with one attached hydrogen (secondary N) is 1. The summed E-state index contributed by atoms with van der Waals surface area (Å²) in [5, 5.41) is 3.10. The number of carbonyl (C=O) groups is 1. The third kappa shape index (κ3) is 4.60. The zero-order valence-corrected chi connectivity index (χ0v) is 16.0. The summed E-state index contributed by atoms with van der Waals surface area (Å²) in [5.41, 5.74) is 5.04. The van der Waals surface area contributed by atoms with Crippen LogP contribution in [0.25, 0.3) is 6.08 Å². The van der Waals surface area contributed by atoms with Crippen LogP contribution in [0, 0.1) is 5.92 Å². The number of amides is 1. The summed E-state index contributed by atoms with van der Waals surface area (Å²) in [7, 11) is 0. The van der Waals surface area contributed by atoms with E-state index in [2.05, 4.69) is 35.3 Å². The van der Waals surface area contributed by atoms with E-state index < -0.39 is 0 Å². The second-order valence-corrected chi connectivity index (χ2v) is 7.86. The Morgan fingerprint density at radius 3 is 2.81 bits per heavy atom. The first-order valence-electron chi connectivity index (χ1n) is 10.1. The molecule has 27 heavy (non-hydrogen) atoms. The molecular weight excluding hydrogens is 332 g/mol. The maximum absolute atomic E-state index is 12.3. The summed E-state index contributed by atoms with van der Waals surface area (Å²) < 4.78 is 0. The molecule has 3 nitrogen and oxygen atoms in total. The first-order chi connectivity index (χ1) is 13.2. The Labute approximate surface area is 162 Å². The van der Waals surface area contributed by atoms with Gasteiger partial charge in [-0.15, -0.1) is 0 Å². The van der Waals surface area contributed by atoms with E-state index in [1.165, 1.54) is 42.6 Å². The van der Waals surface area contributed by atoms with Crippen LogP contribution in [0.3, 0.4) is 0 Å². The van der Waals surface area contributed by atoms with Crippen LogP contribution in [0.15, 0.2) is 54.6 Å². The van der Waals surface area contributed by atoms with E-state index in [4.69, 9.17) is 0 Å². The van der Waals surface area contributed by atoms with E-state index in [-0.39, 0.29) is 11.9 Å². The lowest BCUT2D eigenvalue weighted by Gasteiger charge is -2.32.